The van der Waals surface area contributed by atoms with Crippen molar-refractivity contribution in [2.24, 2.45) is 0 Å². The molecule has 5 heteroatoms. The summed E-state index contributed by atoms with van der Waals surface area (Å²) in [4.78, 5) is 22.8. The fourth-order valence-electron chi connectivity index (χ4n) is 1.76. The van der Waals surface area contributed by atoms with Crippen molar-refractivity contribution in [3.8, 4) is 0 Å². The molecule has 108 valence electrons. The van der Waals surface area contributed by atoms with Gasteiger partial charge in [-0.3, -0.25) is 9.59 Å². The third-order valence-electron chi connectivity index (χ3n) is 2.80. The number of unbranched alkanes of at least 4 members (excludes halogenated alkanes) is 1. The number of hydrogen-bond donors (Lipinski definition) is 2. The van der Waals surface area contributed by atoms with E-state index in [1.165, 1.54) is 12.2 Å². The first-order chi connectivity index (χ1) is 8.84. The average molecular weight is 268 g/mol. The zero-order valence-corrected chi connectivity index (χ0v) is 12.2. The number of likely N-dealkylation sites (N-methyl/N-ethyl adjacent to an activating group) is 1. The molecule has 0 unspecified atom stereocenters. The van der Waals surface area contributed by atoms with Gasteiger partial charge in [-0.1, -0.05) is 26.5 Å². The first kappa shape index (κ1) is 17.4. The van der Waals surface area contributed by atoms with Crippen LogP contribution in [0.4, 0.5) is 0 Å². The largest absolute Gasteiger partial charge is 0.328 e. The Hall–Kier alpha value is -1.62. The maximum absolute atomic E-state index is 11.4. The van der Waals surface area contributed by atoms with E-state index in [0.29, 0.717) is 11.0 Å². The first-order valence-corrected chi connectivity index (χ1v) is 6.52. The summed E-state index contributed by atoms with van der Waals surface area (Å²) >= 11 is 0. The van der Waals surface area contributed by atoms with Gasteiger partial charge in [-0.25, -0.2) is 0 Å². The molecule has 0 aliphatic carbocycles. The Labute approximate surface area is 115 Å². The van der Waals surface area contributed by atoms with Crippen molar-refractivity contribution in [2.45, 2.75) is 25.9 Å². The molecule has 19 heavy (non-hydrogen) atoms. The summed E-state index contributed by atoms with van der Waals surface area (Å²) in [7, 11) is 4.14. The van der Waals surface area contributed by atoms with E-state index in [-0.39, 0.29) is 11.8 Å². The van der Waals surface area contributed by atoms with Crippen LogP contribution in [0.15, 0.2) is 25.3 Å². The predicted molar refractivity (Wildman–Crippen MR) is 77.2 cm³/mol. The molecule has 0 aromatic heterocycles. The van der Waals surface area contributed by atoms with Crippen LogP contribution >= 0.6 is 0 Å². The standard InChI is InChI=1S/C14H25N3O2/c1-6-9-10-17(4,5)11-12(15-13(18)7-2)16-14(19)8-3/h7-8,12H,2-3,6,9-11H2,1,4-5H3,(H-,15,16,18,19)/p+1. The molecule has 2 amide bonds. The Morgan fingerprint density at radius 3 is 2.00 bits per heavy atom. The zero-order chi connectivity index (χ0) is 14.9. The van der Waals surface area contributed by atoms with E-state index in [1.807, 2.05) is 0 Å². The minimum absolute atomic E-state index is 0.301. The van der Waals surface area contributed by atoms with E-state index in [1.54, 1.807) is 0 Å². The molecule has 0 fully saturated rings. The topological polar surface area (TPSA) is 58.2 Å². The second kappa shape index (κ2) is 8.48. The number of nitrogens with one attached hydrogen (secondary N) is 2. The van der Waals surface area contributed by atoms with Gasteiger partial charge in [0.05, 0.1) is 20.6 Å². The van der Waals surface area contributed by atoms with E-state index in [2.05, 4.69) is 44.8 Å². The van der Waals surface area contributed by atoms with E-state index in [4.69, 9.17) is 0 Å². The van der Waals surface area contributed by atoms with Crippen LogP contribution in [0.2, 0.25) is 0 Å². The monoisotopic (exact) mass is 268 g/mol. The van der Waals surface area contributed by atoms with Crippen LogP contribution in [0.5, 0.6) is 0 Å². The lowest BCUT2D eigenvalue weighted by atomic mass is 10.2. The van der Waals surface area contributed by atoms with Crippen molar-refractivity contribution in [3.05, 3.63) is 25.3 Å². The number of amides is 2. The summed E-state index contributed by atoms with van der Waals surface area (Å²) in [5.74, 6) is -0.602. The van der Waals surface area contributed by atoms with Gasteiger partial charge in [-0.2, -0.15) is 0 Å². The van der Waals surface area contributed by atoms with Crippen molar-refractivity contribution < 1.29 is 14.1 Å². The highest BCUT2D eigenvalue weighted by atomic mass is 16.2. The second-order valence-electron chi connectivity index (χ2n) is 5.17. The number of carbonyl (C=O) groups excluding carboxylic acids is 2. The summed E-state index contributed by atoms with van der Waals surface area (Å²) in [5.41, 5.74) is 0. The molecule has 0 saturated heterocycles. The highest BCUT2D eigenvalue weighted by molar-refractivity contribution is 5.89. The van der Waals surface area contributed by atoms with Crippen LogP contribution in [-0.4, -0.2) is 49.6 Å². The van der Waals surface area contributed by atoms with Gasteiger partial charge in [-0.15, -0.1) is 0 Å². The summed E-state index contributed by atoms with van der Waals surface area (Å²) in [6, 6.07) is 0. The maximum Gasteiger partial charge on any atom is 0.245 e. The lowest BCUT2D eigenvalue weighted by molar-refractivity contribution is -0.891. The molecule has 0 heterocycles. The van der Waals surface area contributed by atoms with Gasteiger partial charge in [0, 0.05) is 0 Å². The van der Waals surface area contributed by atoms with Crippen LogP contribution in [0.1, 0.15) is 19.8 Å². The Kier molecular flexibility index (Phi) is 7.75. The van der Waals surface area contributed by atoms with Crippen molar-refractivity contribution in [1.29, 1.82) is 0 Å². The molecule has 0 aromatic carbocycles. The van der Waals surface area contributed by atoms with E-state index < -0.39 is 6.17 Å². The molecule has 0 aliphatic heterocycles. The third kappa shape index (κ3) is 8.15. The Balaban J connectivity index is 4.63. The predicted octanol–water partition coefficient (Wildman–Crippen LogP) is 0.793. The Morgan fingerprint density at radius 1 is 1.16 bits per heavy atom. The van der Waals surface area contributed by atoms with Crippen LogP contribution in [0.25, 0.3) is 0 Å². The first-order valence-electron chi connectivity index (χ1n) is 6.52. The second-order valence-corrected chi connectivity index (χ2v) is 5.17. The van der Waals surface area contributed by atoms with Crippen LogP contribution in [-0.2, 0) is 9.59 Å². The van der Waals surface area contributed by atoms with Gasteiger partial charge >= 0.3 is 0 Å². The molecular formula is C14H26N3O2+. The molecule has 0 radical (unpaired) electrons. The average Bonchev–Trinajstić information content (AvgIpc) is 2.35. The number of hydrogen-bond acceptors (Lipinski definition) is 2. The number of quaternary nitrogens is 1. The zero-order valence-electron chi connectivity index (χ0n) is 12.2. The molecule has 0 bridgehead atoms. The minimum Gasteiger partial charge on any atom is -0.328 e. The summed E-state index contributed by atoms with van der Waals surface area (Å²) in [6.07, 6.45) is 4.18. The fourth-order valence-corrected chi connectivity index (χ4v) is 1.76. The SMILES string of the molecule is C=CC(=O)NC(C[N+](C)(C)CCCC)NC(=O)C=C. The molecule has 0 aliphatic rings. The molecular weight excluding hydrogens is 242 g/mol. The number of nitrogens with zero attached hydrogens (tertiary/aromatic N) is 1. The Bertz CT molecular complexity index is 316. The molecule has 0 saturated carbocycles. The van der Waals surface area contributed by atoms with Gasteiger partial charge in [0.15, 0.2) is 6.17 Å². The fraction of sp³-hybridized carbons (Fsp3) is 0.571. The van der Waals surface area contributed by atoms with Crippen molar-refractivity contribution >= 4 is 11.8 Å². The van der Waals surface area contributed by atoms with Crippen LogP contribution < -0.4 is 10.6 Å². The number of carbonyl (C=O) groups is 2. The van der Waals surface area contributed by atoms with E-state index >= 15 is 0 Å². The van der Waals surface area contributed by atoms with Gasteiger partial charge in [0.1, 0.15) is 6.54 Å². The van der Waals surface area contributed by atoms with Crippen LogP contribution in [0, 0.1) is 0 Å². The quantitative estimate of drug-likeness (QED) is 0.369. The van der Waals surface area contributed by atoms with Crippen molar-refractivity contribution in [3.63, 3.8) is 0 Å². The van der Waals surface area contributed by atoms with Crippen molar-refractivity contribution in [1.82, 2.24) is 10.6 Å². The van der Waals surface area contributed by atoms with Gasteiger partial charge in [-0.05, 0) is 18.6 Å². The molecule has 0 rings (SSSR count). The van der Waals surface area contributed by atoms with Gasteiger partial charge in [0.25, 0.3) is 0 Å². The third-order valence-corrected chi connectivity index (χ3v) is 2.80. The smallest absolute Gasteiger partial charge is 0.245 e. The highest BCUT2D eigenvalue weighted by Crippen LogP contribution is 2.03. The van der Waals surface area contributed by atoms with Gasteiger partial charge in [0.2, 0.25) is 11.8 Å². The number of rotatable bonds is 9. The van der Waals surface area contributed by atoms with Gasteiger partial charge < -0.3 is 15.1 Å². The van der Waals surface area contributed by atoms with Crippen LogP contribution in [0.3, 0.4) is 0 Å². The lowest BCUT2D eigenvalue weighted by Crippen LogP contribution is -2.58. The molecule has 0 aromatic rings. The minimum atomic E-state index is -0.428. The molecule has 2 N–H and O–H groups in total. The Morgan fingerprint density at radius 2 is 1.63 bits per heavy atom. The summed E-state index contributed by atoms with van der Waals surface area (Å²) < 4.78 is 0.716. The highest BCUT2D eigenvalue weighted by Gasteiger charge is 2.23. The normalized spacial score (nSPS) is 10.9. The lowest BCUT2D eigenvalue weighted by Gasteiger charge is -2.33. The van der Waals surface area contributed by atoms with Crippen molar-refractivity contribution in [2.75, 3.05) is 27.2 Å². The molecule has 0 atom stereocenters. The van der Waals surface area contributed by atoms with E-state index in [0.717, 1.165) is 19.4 Å². The summed E-state index contributed by atoms with van der Waals surface area (Å²) in [6.45, 7) is 10.6. The van der Waals surface area contributed by atoms with E-state index in [9.17, 15) is 9.59 Å². The molecule has 5 nitrogen and oxygen atoms in total. The molecule has 0 spiro atoms. The summed E-state index contributed by atoms with van der Waals surface area (Å²) in [5, 5.41) is 5.42. The maximum atomic E-state index is 11.4.